The van der Waals surface area contributed by atoms with Gasteiger partial charge in [0.25, 0.3) is 0 Å². The van der Waals surface area contributed by atoms with Crippen LogP contribution in [0.1, 0.15) is 142 Å². The fourth-order valence-electron chi connectivity index (χ4n) is 16.2. The molecular formula is C69H95ClF9N15O14. The summed E-state index contributed by atoms with van der Waals surface area (Å²) in [6.45, 7) is 26.1. The highest BCUT2D eigenvalue weighted by Gasteiger charge is 2.73. The number of carbonyl (C=O) groups is 13. The monoisotopic (exact) mass is 1560 g/mol. The van der Waals surface area contributed by atoms with Crippen molar-refractivity contribution in [3.63, 3.8) is 0 Å². The third-order valence-electron chi connectivity index (χ3n) is 22.6. The number of hydrogen-bond donors (Lipinski definition) is 10. The van der Waals surface area contributed by atoms with Crippen molar-refractivity contribution in [1.82, 2.24) is 62.6 Å². The third kappa shape index (κ3) is 19.2. The van der Waals surface area contributed by atoms with Gasteiger partial charge in [-0.05, 0) is 93.7 Å². The second-order valence-corrected chi connectivity index (χ2v) is 34.3. The number of halogens is 10. The van der Waals surface area contributed by atoms with Crippen molar-refractivity contribution in [3.8, 4) is 18.2 Å². The van der Waals surface area contributed by atoms with Gasteiger partial charge in [-0.2, -0.15) is 55.3 Å². The number of amides is 13. The lowest BCUT2D eigenvalue weighted by atomic mass is 9.85. The first-order chi connectivity index (χ1) is 48.8. The van der Waals surface area contributed by atoms with Crippen LogP contribution in [0.25, 0.3) is 0 Å². The molecule has 9 aliphatic rings. The van der Waals surface area contributed by atoms with Gasteiger partial charge in [0.2, 0.25) is 59.1 Å². The Morgan fingerprint density at radius 1 is 0.481 bits per heavy atom. The van der Waals surface area contributed by atoms with Crippen LogP contribution in [0.4, 0.5) is 39.5 Å². The summed E-state index contributed by atoms with van der Waals surface area (Å²) in [7, 11) is 0. The molecule has 0 bridgehead atoms. The molecule has 6 aliphatic heterocycles. The summed E-state index contributed by atoms with van der Waals surface area (Å²) in [6.07, 6.45) is -16.1. The average molecular weight is 1570 g/mol. The van der Waals surface area contributed by atoms with Crippen molar-refractivity contribution in [2.75, 3.05) is 26.2 Å². The number of piperidine rings is 3. The van der Waals surface area contributed by atoms with Crippen molar-refractivity contribution >= 4 is 89.2 Å². The Balaban J connectivity index is 0.000000252. The van der Waals surface area contributed by atoms with Crippen molar-refractivity contribution < 1.29 is 107 Å². The molecule has 108 heavy (non-hydrogen) atoms. The minimum Gasteiger partial charge on any atom is -0.374 e. The number of aliphatic hydroxyl groups is 1. The number of fused-ring (bicyclic) bond motifs is 3. The summed E-state index contributed by atoms with van der Waals surface area (Å²) < 4.78 is 116. The first-order valence-electron chi connectivity index (χ1n) is 35.0. The highest BCUT2D eigenvalue weighted by Crippen LogP contribution is 2.67. The van der Waals surface area contributed by atoms with Crippen LogP contribution in [0.5, 0.6) is 0 Å². The van der Waals surface area contributed by atoms with Crippen LogP contribution < -0.4 is 47.9 Å². The van der Waals surface area contributed by atoms with Crippen LogP contribution in [0, 0.1) is 120 Å². The van der Waals surface area contributed by atoms with Crippen LogP contribution in [0.2, 0.25) is 0 Å². The maximum atomic E-state index is 13.5. The van der Waals surface area contributed by atoms with Gasteiger partial charge >= 0.3 is 36.3 Å². The molecule has 6 saturated heterocycles. The van der Waals surface area contributed by atoms with E-state index in [-0.39, 0.29) is 122 Å². The highest BCUT2D eigenvalue weighted by atomic mass is 35.5. The minimum atomic E-state index is -5.19. The van der Waals surface area contributed by atoms with Gasteiger partial charge in [0.05, 0.1) is 24.1 Å². The molecule has 10 N–H and O–H groups in total. The van der Waals surface area contributed by atoms with Gasteiger partial charge in [0.1, 0.15) is 60.6 Å². The van der Waals surface area contributed by atoms with E-state index in [0.717, 1.165) is 0 Å². The van der Waals surface area contributed by atoms with E-state index in [1.54, 1.807) is 16.0 Å². The Kier molecular flexibility index (Phi) is 25.7. The molecular weight excluding hydrogens is 1470 g/mol. The van der Waals surface area contributed by atoms with Crippen molar-refractivity contribution in [3.05, 3.63) is 0 Å². The molecule has 6 heterocycles. The molecule has 9 rings (SSSR count). The Morgan fingerprint density at radius 3 is 1.01 bits per heavy atom. The lowest BCUT2D eigenvalue weighted by Crippen LogP contribution is -2.61. The molecule has 0 spiro atoms. The average Bonchev–Trinajstić information content (AvgIpc) is 1.54. The predicted octanol–water partition coefficient (Wildman–Crippen LogP) is 2.56. The molecule has 1 unspecified atom stereocenters. The third-order valence-corrected chi connectivity index (χ3v) is 22.6. The molecule has 13 amide bonds. The molecule has 0 radical (unpaired) electrons. The lowest BCUT2D eigenvalue weighted by molar-refractivity contribution is -0.176. The number of aliphatic hydroxyl groups excluding tert-OH is 1. The van der Waals surface area contributed by atoms with E-state index in [9.17, 15) is 123 Å². The molecule has 3 aliphatic carbocycles. The minimum absolute atomic E-state index is 0. The molecule has 0 aromatic heterocycles. The quantitative estimate of drug-likeness (QED) is 0.0696. The van der Waals surface area contributed by atoms with Crippen LogP contribution >= 0.6 is 12.4 Å². The molecule has 600 valence electrons. The van der Waals surface area contributed by atoms with Crippen molar-refractivity contribution in [1.29, 1.82) is 15.8 Å². The van der Waals surface area contributed by atoms with Crippen molar-refractivity contribution in [2.24, 2.45) is 85.8 Å². The molecule has 0 aromatic carbocycles. The summed E-state index contributed by atoms with van der Waals surface area (Å²) in [4.78, 5) is 166. The number of nitriles is 3. The highest BCUT2D eigenvalue weighted by molar-refractivity contribution is 6.04. The smallest absolute Gasteiger partial charge is 0.374 e. The molecule has 19 atom stereocenters. The molecule has 39 heteroatoms. The number of alkyl halides is 9. The Labute approximate surface area is 623 Å². The fourth-order valence-corrected chi connectivity index (χ4v) is 16.2. The number of nitrogens with one attached hydrogen (secondary N) is 9. The van der Waals surface area contributed by atoms with Crippen LogP contribution in [0.3, 0.4) is 0 Å². The summed E-state index contributed by atoms with van der Waals surface area (Å²) in [6, 6.07) is -5.09. The van der Waals surface area contributed by atoms with E-state index in [1.807, 2.05) is 59.8 Å². The Morgan fingerprint density at radius 2 is 0.778 bits per heavy atom. The van der Waals surface area contributed by atoms with E-state index in [2.05, 4.69) is 31.9 Å². The van der Waals surface area contributed by atoms with Crippen LogP contribution in [-0.4, -0.2) is 202 Å². The molecule has 29 nitrogen and oxygen atoms in total. The van der Waals surface area contributed by atoms with Gasteiger partial charge in [0, 0.05) is 50.9 Å². The SMILES string of the molecule is CC(C)(C)[C@H](NC(=O)C(F)(F)F)C(=O)N1C[C@H]2[C@@H]([C@H]1C(=O)N[C@H](C#N)C[C@@H]1CC(=O)NC1=O)C2(C)C.CC(C)(C)[C@H](NC(=O)C(F)(F)F)C(=O)N1C[C@H]2[C@@H]([C@H]1C(=O)N[C@H](C#N)C[C@@H]1CC(O)NC1=O)C2(C)C.CC(C)(C)[C@H](NC(=O)C(F)(F)F)C(=O)N1C[C@H]2[C@@H]([C@H]1C(=O)N[C@H](C#N)C[C@@H]1CCNC1=O)C2(C)C.Cl. The number of nitrogens with zero attached hydrogens (tertiary/aromatic N) is 6. The zero-order valence-corrected chi connectivity index (χ0v) is 63.1. The summed E-state index contributed by atoms with van der Waals surface area (Å²) in [5.41, 5.74) is -4.13. The zero-order valence-electron chi connectivity index (χ0n) is 62.3. The summed E-state index contributed by atoms with van der Waals surface area (Å²) in [5, 5.41) is 58.5. The normalized spacial score (nSPS) is 29.0. The van der Waals surface area contributed by atoms with Crippen molar-refractivity contribution in [2.45, 2.75) is 222 Å². The Bertz CT molecular complexity index is 3720. The zero-order chi connectivity index (χ0) is 81.3. The van der Waals surface area contributed by atoms with Gasteiger partial charge < -0.3 is 62.3 Å². The predicted molar refractivity (Wildman–Crippen MR) is 359 cm³/mol. The first kappa shape index (κ1) is 88.3. The van der Waals surface area contributed by atoms with E-state index in [1.165, 1.54) is 77.0 Å². The largest absolute Gasteiger partial charge is 0.471 e. The van der Waals surface area contributed by atoms with E-state index in [0.29, 0.717) is 13.0 Å². The van der Waals surface area contributed by atoms with E-state index in [4.69, 9.17) is 0 Å². The van der Waals surface area contributed by atoms with Gasteiger partial charge in [0.15, 0.2) is 0 Å². The maximum Gasteiger partial charge on any atom is 0.471 e. The molecule has 0 aromatic rings. The second-order valence-electron chi connectivity index (χ2n) is 34.3. The van der Waals surface area contributed by atoms with Gasteiger partial charge in [-0.3, -0.25) is 67.6 Å². The number of rotatable bonds is 18. The van der Waals surface area contributed by atoms with E-state index < -0.39 is 184 Å². The number of hydrogen-bond acceptors (Lipinski definition) is 17. The molecule has 9 fully saturated rings. The summed E-state index contributed by atoms with van der Waals surface area (Å²) in [5.74, 6) is -15.6. The summed E-state index contributed by atoms with van der Waals surface area (Å²) >= 11 is 0. The standard InChI is InChI=1S/C23H32F3N5O5.C23H30F3N5O5.C23H32F3N5O4.ClH/c2*1-21(2,3)16(30-20(36)23(24,25)26)19(35)31-9-12-14(22(12,4)5)15(31)18(34)28-11(8-27)6-10-7-13(32)29-17(10)33;1-21(2,3)16(30-20(35)23(24,25)26)19(34)31-10-13-14(22(13,4)5)15(31)18(33)29-12(9-27)8-11-6-7-28-17(11)32;/h10-16,32H,6-7,9H2,1-5H3,(H,28,34)(H,29,33)(H,30,36);10-12,14-16H,6-7,9H2,1-5H3,(H,28,34)(H,30,36)(H,29,32,33);11-16H,6-8,10H2,1-5H3,(H,28,32)(H,29,33)(H,30,35);1H/t10-,11+,12+,13?,14+,15+,16-;10-,11+,12+,14+,15+,16-;11-,12-,13-,14-,15-,16+;/m110./s1. The topological polar surface area (TPSA) is 431 Å². The van der Waals surface area contributed by atoms with Gasteiger partial charge in [-0.1, -0.05) is 104 Å². The van der Waals surface area contributed by atoms with E-state index >= 15 is 0 Å². The first-order valence-corrected chi connectivity index (χ1v) is 35.0. The lowest BCUT2D eigenvalue weighted by Gasteiger charge is -2.37. The fraction of sp³-hybridized carbons (Fsp3) is 0.768. The van der Waals surface area contributed by atoms with Gasteiger partial charge in [-0.15, -0.1) is 12.4 Å². The molecule has 3 saturated carbocycles. The van der Waals surface area contributed by atoms with Gasteiger partial charge in [-0.25, -0.2) is 0 Å². The number of imide groups is 1. The van der Waals surface area contributed by atoms with Crippen LogP contribution in [-0.2, 0) is 62.3 Å². The Hall–Kier alpha value is -8.60. The number of carbonyl (C=O) groups excluding carboxylic acids is 13. The maximum absolute atomic E-state index is 13.5. The second kappa shape index (κ2) is 31.4. The van der Waals surface area contributed by atoms with Crippen LogP contribution in [0.15, 0.2) is 0 Å². The number of likely N-dealkylation sites (tertiary alicyclic amines) is 3.